The molecule has 0 aromatic heterocycles. The molecule has 1 aromatic carbocycles. The quantitative estimate of drug-likeness (QED) is 0.487. The SMILES string of the molecule is CN1C(=O)C(=Cc2cc(Cl)ccc2O)C(=O)N(C)C1=S. The molecule has 1 saturated heterocycles. The van der Waals surface area contributed by atoms with Crippen molar-refractivity contribution >= 4 is 46.8 Å². The summed E-state index contributed by atoms with van der Waals surface area (Å²) in [4.78, 5) is 26.6. The molecule has 20 heavy (non-hydrogen) atoms. The molecule has 1 aliphatic heterocycles. The number of benzene rings is 1. The normalized spacial score (nSPS) is 15.9. The molecule has 0 aliphatic carbocycles. The molecule has 0 saturated carbocycles. The highest BCUT2D eigenvalue weighted by atomic mass is 35.5. The Morgan fingerprint density at radius 2 is 1.75 bits per heavy atom. The summed E-state index contributed by atoms with van der Waals surface area (Å²) in [6.07, 6.45) is 1.31. The molecular weight excluding hydrogens is 300 g/mol. The molecule has 104 valence electrons. The molecule has 0 unspecified atom stereocenters. The summed E-state index contributed by atoms with van der Waals surface area (Å²) in [6.45, 7) is 0. The van der Waals surface area contributed by atoms with Gasteiger partial charge in [-0.25, -0.2) is 0 Å². The van der Waals surface area contributed by atoms with E-state index in [1.807, 2.05) is 0 Å². The Labute approximate surface area is 126 Å². The third-order valence-corrected chi connectivity index (χ3v) is 3.72. The summed E-state index contributed by atoms with van der Waals surface area (Å²) in [5.74, 6) is -1.10. The number of phenols is 1. The van der Waals surface area contributed by atoms with E-state index in [9.17, 15) is 14.7 Å². The van der Waals surface area contributed by atoms with Crippen molar-refractivity contribution in [2.24, 2.45) is 0 Å². The predicted octanol–water partition coefficient (Wildman–Crippen LogP) is 1.64. The van der Waals surface area contributed by atoms with E-state index < -0.39 is 11.8 Å². The first-order chi connectivity index (χ1) is 9.32. The number of hydrogen-bond donors (Lipinski definition) is 1. The van der Waals surface area contributed by atoms with Gasteiger partial charge in [0, 0.05) is 24.7 Å². The molecular formula is C13H11ClN2O3S. The topological polar surface area (TPSA) is 60.9 Å². The highest BCUT2D eigenvalue weighted by Gasteiger charge is 2.35. The molecule has 2 rings (SSSR count). The highest BCUT2D eigenvalue weighted by molar-refractivity contribution is 7.80. The van der Waals surface area contributed by atoms with Gasteiger partial charge in [-0.1, -0.05) is 11.6 Å². The molecule has 7 heteroatoms. The molecule has 1 aromatic rings. The van der Waals surface area contributed by atoms with Crippen LogP contribution in [0, 0.1) is 0 Å². The van der Waals surface area contributed by atoms with Gasteiger partial charge in [-0.2, -0.15) is 0 Å². The third kappa shape index (κ3) is 2.39. The van der Waals surface area contributed by atoms with E-state index in [1.165, 1.54) is 48.2 Å². The van der Waals surface area contributed by atoms with Gasteiger partial charge >= 0.3 is 0 Å². The van der Waals surface area contributed by atoms with Crippen LogP contribution in [0.4, 0.5) is 0 Å². The first-order valence-corrected chi connectivity index (χ1v) is 6.42. The van der Waals surface area contributed by atoms with Gasteiger partial charge < -0.3 is 5.11 Å². The maximum Gasteiger partial charge on any atom is 0.265 e. The summed E-state index contributed by atoms with van der Waals surface area (Å²) in [6, 6.07) is 4.37. The number of carbonyl (C=O) groups excluding carboxylic acids is 2. The minimum Gasteiger partial charge on any atom is -0.507 e. The van der Waals surface area contributed by atoms with Crippen LogP contribution in [0.3, 0.4) is 0 Å². The minimum absolute atomic E-state index is 0.0686. The monoisotopic (exact) mass is 310 g/mol. The van der Waals surface area contributed by atoms with Crippen LogP contribution in [0.25, 0.3) is 6.08 Å². The second-order valence-corrected chi connectivity index (χ2v) is 5.07. The Kier molecular flexibility index (Phi) is 3.78. The number of halogens is 1. The van der Waals surface area contributed by atoms with Crippen molar-refractivity contribution in [1.29, 1.82) is 0 Å². The van der Waals surface area contributed by atoms with Crippen LogP contribution in [0.2, 0.25) is 5.02 Å². The number of likely N-dealkylation sites (N-methyl/N-ethyl adjacent to an activating group) is 2. The molecule has 1 heterocycles. The van der Waals surface area contributed by atoms with E-state index in [0.717, 1.165) is 0 Å². The molecule has 1 N–H and O–H groups in total. The van der Waals surface area contributed by atoms with E-state index in [1.54, 1.807) is 0 Å². The number of nitrogens with zero attached hydrogens (tertiary/aromatic N) is 2. The lowest BCUT2D eigenvalue weighted by Gasteiger charge is -2.31. The first-order valence-electron chi connectivity index (χ1n) is 5.63. The lowest BCUT2D eigenvalue weighted by atomic mass is 10.1. The van der Waals surface area contributed by atoms with Gasteiger partial charge in [0.2, 0.25) is 0 Å². The van der Waals surface area contributed by atoms with Gasteiger partial charge in [0.25, 0.3) is 11.8 Å². The number of hydrogen-bond acceptors (Lipinski definition) is 4. The van der Waals surface area contributed by atoms with Crippen molar-refractivity contribution in [3.05, 3.63) is 34.4 Å². The minimum atomic E-state index is -0.516. The predicted molar refractivity (Wildman–Crippen MR) is 79.2 cm³/mol. The Morgan fingerprint density at radius 3 is 2.30 bits per heavy atom. The van der Waals surface area contributed by atoms with Crippen LogP contribution in [0.15, 0.2) is 23.8 Å². The number of carbonyl (C=O) groups is 2. The Morgan fingerprint density at radius 1 is 1.20 bits per heavy atom. The fourth-order valence-corrected chi connectivity index (χ4v) is 2.12. The molecule has 5 nitrogen and oxygen atoms in total. The maximum atomic E-state index is 12.1. The number of aromatic hydroxyl groups is 1. The second-order valence-electron chi connectivity index (χ2n) is 4.27. The molecule has 0 spiro atoms. The van der Waals surface area contributed by atoms with Crippen molar-refractivity contribution in [3.63, 3.8) is 0 Å². The largest absolute Gasteiger partial charge is 0.507 e. The van der Waals surface area contributed by atoms with Crippen LogP contribution in [0.1, 0.15) is 5.56 Å². The van der Waals surface area contributed by atoms with Crippen molar-refractivity contribution < 1.29 is 14.7 Å². The second kappa shape index (κ2) is 5.22. The van der Waals surface area contributed by atoms with Crippen molar-refractivity contribution in [3.8, 4) is 5.75 Å². The highest BCUT2D eigenvalue weighted by Crippen LogP contribution is 2.26. The summed E-state index contributed by atoms with van der Waals surface area (Å²) in [5, 5.41) is 10.3. The van der Waals surface area contributed by atoms with Gasteiger partial charge in [-0.05, 0) is 36.5 Å². The van der Waals surface area contributed by atoms with E-state index >= 15 is 0 Å². The molecule has 0 bridgehead atoms. The van der Waals surface area contributed by atoms with E-state index in [2.05, 4.69) is 0 Å². The number of rotatable bonds is 1. The lowest BCUT2D eigenvalue weighted by Crippen LogP contribution is -2.52. The van der Waals surface area contributed by atoms with Gasteiger partial charge in [-0.3, -0.25) is 19.4 Å². The van der Waals surface area contributed by atoms with Crippen LogP contribution in [0.5, 0.6) is 5.75 Å². The Bertz CT molecular complexity index is 631. The van der Waals surface area contributed by atoms with E-state index in [0.29, 0.717) is 10.6 Å². The van der Waals surface area contributed by atoms with Crippen molar-refractivity contribution in [2.75, 3.05) is 14.1 Å². The molecule has 2 amide bonds. The number of amides is 2. The summed E-state index contributed by atoms with van der Waals surface area (Å²) in [7, 11) is 2.97. The third-order valence-electron chi connectivity index (χ3n) is 2.93. The van der Waals surface area contributed by atoms with Crippen molar-refractivity contribution in [1.82, 2.24) is 9.80 Å². The smallest absolute Gasteiger partial charge is 0.265 e. The molecule has 0 radical (unpaired) electrons. The lowest BCUT2D eigenvalue weighted by molar-refractivity contribution is -0.132. The summed E-state index contributed by atoms with van der Waals surface area (Å²) in [5.41, 5.74) is 0.213. The fraction of sp³-hybridized carbons (Fsp3) is 0.154. The van der Waals surface area contributed by atoms with Crippen molar-refractivity contribution in [2.45, 2.75) is 0 Å². The number of phenolic OH excluding ortho intramolecular Hbond substituents is 1. The van der Waals surface area contributed by atoms with Gasteiger partial charge in [0.05, 0.1) is 0 Å². The average molecular weight is 311 g/mol. The standard InChI is InChI=1S/C13H11ClN2O3S/c1-15-11(18)9(12(19)16(2)13(15)20)6-7-5-8(14)3-4-10(7)17/h3-6,17H,1-2H3. The van der Waals surface area contributed by atoms with E-state index in [-0.39, 0.29) is 16.4 Å². The van der Waals surface area contributed by atoms with Gasteiger partial charge in [-0.15, -0.1) is 0 Å². The molecule has 0 atom stereocenters. The Balaban J connectivity index is 2.52. The zero-order valence-electron chi connectivity index (χ0n) is 10.8. The molecule has 1 fully saturated rings. The summed E-state index contributed by atoms with van der Waals surface area (Å²) >= 11 is 10.8. The number of thiocarbonyl (C=S) groups is 1. The fourth-order valence-electron chi connectivity index (χ4n) is 1.77. The average Bonchev–Trinajstić information content (AvgIpc) is 2.43. The van der Waals surface area contributed by atoms with Gasteiger partial charge in [0.1, 0.15) is 11.3 Å². The van der Waals surface area contributed by atoms with E-state index in [4.69, 9.17) is 23.8 Å². The van der Waals surface area contributed by atoms with Crippen LogP contribution >= 0.6 is 23.8 Å². The van der Waals surface area contributed by atoms with Gasteiger partial charge in [0.15, 0.2) is 5.11 Å². The van der Waals surface area contributed by atoms with Crippen LogP contribution in [-0.4, -0.2) is 45.9 Å². The zero-order valence-corrected chi connectivity index (χ0v) is 12.3. The van der Waals surface area contributed by atoms with Crippen LogP contribution in [-0.2, 0) is 9.59 Å². The van der Waals surface area contributed by atoms with Crippen LogP contribution < -0.4 is 0 Å². The summed E-state index contributed by atoms with van der Waals surface area (Å²) < 4.78 is 0. The zero-order chi connectivity index (χ0) is 15.0. The molecule has 1 aliphatic rings. The maximum absolute atomic E-state index is 12.1. The first kappa shape index (κ1) is 14.5. The Hall–Kier alpha value is -1.92.